The number of anilines is 1. The molecule has 136 valence electrons. The maximum absolute atomic E-state index is 12.2. The van der Waals surface area contributed by atoms with Crippen molar-refractivity contribution in [3.05, 3.63) is 78.1 Å². The topological polar surface area (TPSA) is 65.4 Å². The smallest absolute Gasteiger partial charge is 0.248 e. The van der Waals surface area contributed by atoms with Crippen molar-refractivity contribution in [2.75, 3.05) is 18.5 Å². The first-order valence-electron chi connectivity index (χ1n) is 8.71. The second kappa shape index (κ2) is 7.78. The summed E-state index contributed by atoms with van der Waals surface area (Å²) in [4.78, 5) is 12.2. The summed E-state index contributed by atoms with van der Waals surface area (Å²) in [6.45, 7) is 1.74. The zero-order chi connectivity index (χ0) is 18.5. The quantitative estimate of drug-likeness (QED) is 0.708. The van der Waals surface area contributed by atoms with Crippen molar-refractivity contribution in [2.24, 2.45) is 0 Å². The van der Waals surface area contributed by atoms with Crippen molar-refractivity contribution < 1.29 is 14.3 Å². The molecule has 0 radical (unpaired) electrons. The minimum atomic E-state index is -0.220. The molecule has 0 fully saturated rings. The first kappa shape index (κ1) is 16.9. The Labute approximate surface area is 157 Å². The Kier molecular flexibility index (Phi) is 4.87. The van der Waals surface area contributed by atoms with Crippen LogP contribution >= 0.6 is 0 Å². The maximum Gasteiger partial charge on any atom is 0.248 e. The van der Waals surface area contributed by atoms with Gasteiger partial charge in [0.15, 0.2) is 11.5 Å². The largest absolute Gasteiger partial charge is 0.486 e. The highest BCUT2D eigenvalue weighted by Crippen LogP contribution is 2.32. The zero-order valence-electron chi connectivity index (χ0n) is 14.7. The fraction of sp³-hybridized carbons (Fsp3) is 0.143. The number of ether oxygens (including phenoxy) is 2. The third kappa shape index (κ3) is 4.36. The normalized spacial score (nSPS) is 12.9. The van der Waals surface area contributed by atoms with Crippen LogP contribution in [0.4, 0.5) is 5.69 Å². The van der Waals surface area contributed by atoms with Gasteiger partial charge in [-0.05, 0) is 23.8 Å². The van der Waals surface area contributed by atoms with Crippen molar-refractivity contribution >= 4 is 17.7 Å². The fourth-order valence-electron chi connectivity index (χ4n) is 2.80. The molecule has 1 aliphatic heterocycles. The number of rotatable bonds is 5. The summed E-state index contributed by atoms with van der Waals surface area (Å²) in [6.07, 6.45) is 6.86. The lowest BCUT2D eigenvalue weighted by Gasteiger charge is -2.18. The number of carbonyl (C=O) groups excluding carboxylic acids is 1. The van der Waals surface area contributed by atoms with E-state index >= 15 is 0 Å². The average Bonchev–Trinajstić information content (AvgIpc) is 3.14. The van der Waals surface area contributed by atoms with E-state index in [0.29, 0.717) is 36.9 Å². The van der Waals surface area contributed by atoms with Crippen LogP contribution in [0.2, 0.25) is 0 Å². The van der Waals surface area contributed by atoms with Gasteiger partial charge >= 0.3 is 0 Å². The van der Waals surface area contributed by atoms with E-state index in [1.54, 1.807) is 30.5 Å². The van der Waals surface area contributed by atoms with E-state index in [9.17, 15) is 4.79 Å². The molecule has 3 aromatic rings. The lowest BCUT2D eigenvalue weighted by Crippen LogP contribution is -2.16. The van der Waals surface area contributed by atoms with Crippen LogP contribution in [0.25, 0.3) is 6.08 Å². The van der Waals surface area contributed by atoms with Gasteiger partial charge in [0.1, 0.15) is 13.2 Å². The molecule has 2 heterocycles. The molecule has 6 heteroatoms. The zero-order valence-corrected chi connectivity index (χ0v) is 14.7. The summed E-state index contributed by atoms with van der Waals surface area (Å²) >= 11 is 0. The molecule has 0 aliphatic carbocycles. The summed E-state index contributed by atoms with van der Waals surface area (Å²) < 4.78 is 12.8. The number of hydrogen-bond acceptors (Lipinski definition) is 4. The van der Waals surface area contributed by atoms with E-state index < -0.39 is 0 Å². The van der Waals surface area contributed by atoms with E-state index in [4.69, 9.17) is 9.47 Å². The standard InChI is InChI=1S/C21H19N3O3/c25-21(23-18-7-8-19-20(12-18)27-11-10-26-19)9-6-17-13-22-24(15-17)14-16-4-2-1-3-5-16/h1-9,12-13,15H,10-11,14H2,(H,23,25)/b9-6+. The molecule has 27 heavy (non-hydrogen) atoms. The molecule has 6 nitrogen and oxygen atoms in total. The minimum absolute atomic E-state index is 0.220. The van der Waals surface area contributed by atoms with Crippen LogP contribution in [-0.2, 0) is 11.3 Å². The summed E-state index contributed by atoms with van der Waals surface area (Å²) in [5.74, 6) is 1.12. The van der Waals surface area contributed by atoms with E-state index in [1.165, 1.54) is 11.6 Å². The van der Waals surface area contributed by atoms with Crippen LogP contribution in [0, 0.1) is 0 Å². The molecule has 1 N–H and O–H groups in total. The molecule has 0 spiro atoms. The summed E-state index contributed by atoms with van der Waals surface area (Å²) in [5, 5.41) is 7.15. The third-order valence-electron chi connectivity index (χ3n) is 4.08. The number of carbonyl (C=O) groups is 1. The van der Waals surface area contributed by atoms with Gasteiger partial charge < -0.3 is 14.8 Å². The van der Waals surface area contributed by atoms with Gasteiger partial charge in [0.2, 0.25) is 5.91 Å². The summed E-state index contributed by atoms with van der Waals surface area (Å²) in [5.41, 5.74) is 2.70. The SMILES string of the molecule is O=C(/C=C/c1cnn(Cc2ccccc2)c1)Nc1ccc2c(c1)OCCO2. The van der Waals surface area contributed by atoms with Crippen LogP contribution in [0.3, 0.4) is 0 Å². The van der Waals surface area contributed by atoms with E-state index in [1.807, 2.05) is 29.1 Å². The van der Waals surface area contributed by atoms with E-state index in [2.05, 4.69) is 22.5 Å². The van der Waals surface area contributed by atoms with Crippen molar-refractivity contribution in [3.63, 3.8) is 0 Å². The molecule has 4 rings (SSSR count). The molecule has 1 aliphatic rings. The second-order valence-corrected chi connectivity index (χ2v) is 6.14. The highest BCUT2D eigenvalue weighted by molar-refractivity contribution is 6.02. The van der Waals surface area contributed by atoms with E-state index in [-0.39, 0.29) is 5.91 Å². The van der Waals surface area contributed by atoms with E-state index in [0.717, 1.165) is 5.56 Å². The predicted molar refractivity (Wildman–Crippen MR) is 103 cm³/mol. The molecule has 0 saturated carbocycles. The van der Waals surface area contributed by atoms with Crippen LogP contribution in [0.15, 0.2) is 67.0 Å². The van der Waals surface area contributed by atoms with Crippen LogP contribution in [0.5, 0.6) is 11.5 Å². The molecular formula is C21H19N3O3. The molecule has 0 unspecified atom stereocenters. The molecule has 0 saturated heterocycles. The summed E-state index contributed by atoms with van der Waals surface area (Å²) in [6, 6.07) is 15.4. The first-order chi connectivity index (χ1) is 13.3. The second-order valence-electron chi connectivity index (χ2n) is 6.14. The number of hydrogen-bond donors (Lipinski definition) is 1. The first-order valence-corrected chi connectivity index (χ1v) is 8.71. The van der Waals surface area contributed by atoms with Gasteiger partial charge in [-0.1, -0.05) is 30.3 Å². The molecule has 2 aromatic carbocycles. The monoisotopic (exact) mass is 361 g/mol. The Morgan fingerprint density at radius 3 is 2.78 bits per heavy atom. The lowest BCUT2D eigenvalue weighted by molar-refractivity contribution is -0.111. The van der Waals surface area contributed by atoms with Gasteiger partial charge in [0.25, 0.3) is 0 Å². The highest BCUT2D eigenvalue weighted by atomic mass is 16.6. The maximum atomic E-state index is 12.2. The molecule has 1 aromatic heterocycles. The van der Waals surface area contributed by atoms with Gasteiger partial charge in [0, 0.05) is 29.6 Å². The van der Waals surface area contributed by atoms with Gasteiger partial charge in [-0.15, -0.1) is 0 Å². The molecular weight excluding hydrogens is 342 g/mol. The average molecular weight is 361 g/mol. The van der Waals surface area contributed by atoms with Crippen molar-refractivity contribution in [2.45, 2.75) is 6.54 Å². The summed E-state index contributed by atoms with van der Waals surface area (Å²) in [7, 11) is 0. The predicted octanol–water partition coefficient (Wildman–Crippen LogP) is 3.35. The van der Waals surface area contributed by atoms with Gasteiger partial charge in [-0.25, -0.2) is 0 Å². The van der Waals surface area contributed by atoms with Gasteiger partial charge in [-0.2, -0.15) is 5.10 Å². The highest BCUT2D eigenvalue weighted by Gasteiger charge is 2.12. The Hall–Kier alpha value is -3.54. The van der Waals surface area contributed by atoms with Crippen molar-refractivity contribution in [1.82, 2.24) is 9.78 Å². The van der Waals surface area contributed by atoms with Crippen molar-refractivity contribution in [1.29, 1.82) is 0 Å². The Morgan fingerprint density at radius 2 is 1.93 bits per heavy atom. The Balaban J connectivity index is 1.36. The fourth-order valence-corrected chi connectivity index (χ4v) is 2.80. The number of benzene rings is 2. The number of fused-ring (bicyclic) bond motifs is 1. The molecule has 0 bridgehead atoms. The van der Waals surface area contributed by atoms with Crippen LogP contribution in [0.1, 0.15) is 11.1 Å². The lowest BCUT2D eigenvalue weighted by atomic mass is 10.2. The number of aromatic nitrogens is 2. The third-order valence-corrected chi connectivity index (χ3v) is 4.08. The number of nitrogens with one attached hydrogen (secondary N) is 1. The van der Waals surface area contributed by atoms with Gasteiger partial charge in [-0.3, -0.25) is 9.48 Å². The molecule has 1 amide bonds. The Bertz CT molecular complexity index is 964. The number of amides is 1. The Morgan fingerprint density at radius 1 is 1.11 bits per heavy atom. The van der Waals surface area contributed by atoms with Crippen LogP contribution < -0.4 is 14.8 Å². The minimum Gasteiger partial charge on any atom is -0.486 e. The van der Waals surface area contributed by atoms with Crippen molar-refractivity contribution in [3.8, 4) is 11.5 Å². The number of nitrogens with zero attached hydrogens (tertiary/aromatic N) is 2. The molecule has 0 atom stereocenters. The van der Waals surface area contributed by atoms with Crippen LogP contribution in [-0.4, -0.2) is 28.9 Å². The van der Waals surface area contributed by atoms with Gasteiger partial charge in [0.05, 0.1) is 12.7 Å².